The van der Waals surface area contributed by atoms with Gasteiger partial charge in [-0.3, -0.25) is 24.1 Å². The molecule has 2 saturated carbocycles. The highest BCUT2D eigenvalue weighted by atomic mass is 32.2. The Morgan fingerprint density at radius 3 is 2.51 bits per heavy atom. The summed E-state index contributed by atoms with van der Waals surface area (Å²) in [6.45, 7) is 5.25. The van der Waals surface area contributed by atoms with E-state index >= 15 is 0 Å². The number of hydrogen-bond acceptors (Lipinski definition) is 9. The molecule has 4 aliphatic rings. The van der Waals surface area contributed by atoms with E-state index in [0.717, 1.165) is 12.8 Å². The Bertz CT molecular complexity index is 1420. The minimum absolute atomic E-state index is 0.0598. The predicted octanol–water partition coefficient (Wildman–Crippen LogP) is 2.33. The fraction of sp³-hybridized carbons (Fsp3) is 0.645. The molecule has 0 aromatic carbocycles. The summed E-state index contributed by atoms with van der Waals surface area (Å²) < 4.78 is 39.1. The average Bonchev–Trinajstić information content (AvgIpc) is 3.88. The first kappa shape index (κ1) is 32.7. The monoisotopic (exact) mass is 645 g/mol. The van der Waals surface area contributed by atoms with Gasteiger partial charge in [-0.25, -0.2) is 13.2 Å². The van der Waals surface area contributed by atoms with Crippen molar-refractivity contribution in [2.45, 2.75) is 113 Å². The summed E-state index contributed by atoms with van der Waals surface area (Å²) in [5.41, 5.74) is -2.23. The minimum atomic E-state index is -3.85. The molecule has 2 aliphatic carbocycles. The Hall–Kier alpha value is -3.68. The predicted molar refractivity (Wildman–Crippen MR) is 163 cm³/mol. The van der Waals surface area contributed by atoms with Gasteiger partial charge in [0, 0.05) is 24.7 Å². The van der Waals surface area contributed by atoms with Crippen LogP contribution in [-0.2, 0) is 29.1 Å². The Labute approximate surface area is 263 Å². The third-order valence-electron chi connectivity index (χ3n) is 8.49. The second-order valence-electron chi connectivity index (χ2n) is 13.4. The number of alkyl carbamates (subject to hydrolysis) is 1. The first-order valence-corrected chi connectivity index (χ1v) is 17.2. The molecule has 1 aromatic rings. The molecule has 246 valence electrons. The van der Waals surface area contributed by atoms with E-state index in [1.165, 1.54) is 4.90 Å². The smallest absolute Gasteiger partial charge is 0.408 e. The summed E-state index contributed by atoms with van der Waals surface area (Å²) in [6, 6.07) is 1.36. The van der Waals surface area contributed by atoms with E-state index in [-0.39, 0.29) is 19.4 Å². The van der Waals surface area contributed by atoms with Crippen LogP contribution in [0.25, 0.3) is 0 Å². The lowest BCUT2D eigenvalue weighted by Gasteiger charge is -2.30. The summed E-state index contributed by atoms with van der Waals surface area (Å²) in [5, 5.41) is 4.96. The SMILES string of the molecule is CC(C)(C)OC(=O)NC1CCCCCC=CC2CC2(C(=O)NS(=O)(=O)C2CC2)NC(=O)C2CC(Oc3ccncc3)CN2C1=O. The number of pyridine rings is 1. The van der Waals surface area contributed by atoms with Gasteiger partial charge in [-0.05, 0) is 71.4 Å². The quantitative estimate of drug-likeness (QED) is 0.393. The number of amides is 4. The molecule has 1 saturated heterocycles. The Morgan fingerprint density at radius 2 is 1.82 bits per heavy atom. The van der Waals surface area contributed by atoms with Crippen molar-refractivity contribution < 1.29 is 37.1 Å². The molecular formula is C31H43N5O8S. The topological polar surface area (TPSA) is 173 Å². The van der Waals surface area contributed by atoms with Gasteiger partial charge in [0.15, 0.2) is 0 Å². The number of hydrogen-bond donors (Lipinski definition) is 3. The fourth-order valence-corrected chi connectivity index (χ4v) is 7.27. The van der Waals surface area contributed by atoms with Crippen LogP contribution >= 0.6 is 0 Å². The fourth-order valence-electron chi connectivity index (χ4n) is 5.91. The number of ether oxygens (including phenoxy) is 2. The first-order chi connectivity index (χ1) is 21.3. The lowest BCUT2D eigenvalue weighted by Crippen LogP contribution is -2.58. The van der Waals surface area contributed by atoms with Crippen LogP contribution in [0.1, 0.15) is 78.6 Å². The molecule has 3 heterocycles. The number of nitrogens with one attached hydrogen (secondary N) is 3. The number of allylic oxidation sites excluding steroid dienone is 1. The third-order valence-corrected chi connectivity index (χ3v) is 10.3. The summed E-state index contributed by atoms with van der Waals surface area (Å²) >= 11 is 0. The van der Waals surface area contributed by atoms with E-state index in [2.05, 4.69) is 20.3 Å². The van der Waals surface area contributed by atoms with E-state index in [4.69, 9.17) is 9.47 Å². The largest absolute Gasteiger partial charge is 0.488 e. The maximum Gasteiger partial charge on any atom is 0.408 e. The van der Waals surface area contributed by atoms with Crippen LogP contribution < -0.4 is 20.1 Å². The van der Waals surface area contributed by atoms with Gasteiger partial charge in [0.25, 0.3) is 5.91 Å². The standard InChI is InChI=1S/C31H43N5O8S/c1-30(2,3)44-29(40)33-24-10-8-6-4-5-7-9-20-18-31(20,28(39)35-45(41,42)23-11-12-23)34-26(37)25-17-22(19-36(25)27(24)38)43-21-13-15-32-16-14-21/h7,9,13-16,20,22-25H,4-6,8,10-12,17-19H2,1-3H3,(H,33,40)(H,34,37)(H,35,39). The molecule has 3 fully saturated rings. The van der Waals surface area contributed by atoms with Crippen molar-refractivity contribution in [3.63, 3.8) is 0 Å². The van der Waals surface area contributed by atoms with Crippen molar-refractivity contribution in [1.82, 2.24) is 25.2 Å². The van der Waals surface area contributed by atoms with E-state index in [9.17, 15) is 27.6 Å². The normalized spacial score (nSPS) is 29.3. The maximum absolute atomic E-state index is 14.1. The van der Waals surface area contributed by atoms with Crippen LogP contribution in [0.5, 0.6) is 5.75 Å². The van der Waals surface area contributed by atoms with Gasteiger partial charge in [0.05, 0.1) is 11.8 Å². The van der Waals surface area contributed by atoms with Crippen LogP contribution in [0.4, 0.5) is 4.79 Å². The molecule has 5 rings (SSSR count). The number of aromatic nitrogens is 1. The average molecular weight is 646 g/mol. The summed E-state index contributed by atoms with van der Waals surface area (Å²) in [4.78, 5) is 59.8. The molecule has 2 aliphatic heterocycles. The lowest BCUT2D eigenvalue weighted by atomic mass is 10.0. The highest BCUT2D eigenvalue weighted by Gasteiger charge is 2.62. The van der Waals surface area contributed by atoms with E-state index in [1.807, 2.05) is 12.2 Å². The zero-order chi connectivity index (χ0) is 32.4. The van der Waals surface area contributed by atoms with Gasteiger partial charge < -0.3 is 25.0 Å². The van der Waals surface area contributed by atoms with Crippen molar-refractivity contribution in [2.24, 2.45) is 5.92 Å². The Kier molecular flexibility index (Phi) is 9.43. The number of sulfonamides is 1. The van der Waals surface area contributed by atoms with Crippen LogP contribution in [-0.4, -0.2) is 83.2 Å². The Balaban J connectivity index is 1.42. The number of nitrogens with zero attached hydrogens (tertiary/aromatic N) is 2. The molecule has 13 nitrogen and oxygen atoms in total. The van der Waals surface area contributed by atoms with Crippen molar-refractivity contribution in [1.29, 1.82) is 0 Å². The molecule has 5 atom stereocenters. The molecule has 5 unspecified atom stereocenters. The molecule has 0 radical (unpaired) electrons. The van der Waals surface area contributed by atoms with Gasteiger partial charge in [-0.15, -0.1) is 0 Å². The summed E-state index contributed by atoms with van der Waals surface area (Å²) in [7, 11) is -3.85. The number of rotatable bonds is 6. The van der Waals surface area contributed by atoms with Crippen LogP contribution in [0.15, 0.2) is 36.7 Å². The van der Waals surface area contributed by atoms with Crippen molar-refractivity contribution >= 4 is 33.8 Å². The molecule has 1 aromatic heterocycles. The van der Waals surface area contributed by atoms with Crippen molar-refractivity contribution in [3.8, 4) is 5.75 Å². The summed E-state index contributed by atoms with van der Waals surface area (Å²) in [5.74, 6) is -1.70. The molecule has 45 heavy (non-hydrogen) atoms. The zero-order valence-corrected chi connectivity index (χ0v) is 26.8. The molecule has 14 heteroatoms. The van der Waals surface area contributed by atoms with E-state index in [0.29, 0.717) is 37.9 Å². The second-order valence-corrected chi connectivity index (χ2v) is 15.3. The molecule has 0 bridgehead atoms. The number of carbonyl (C=O) groups excluding carboxylic acids is 4. The van der Waals surface area contributed by atoms with Crippen molar-refractivity contribution in [2.75, 3.05) is 6.54 Å². The Morgan fingerprint density at radius 1 is 1.09 bits per heavy atom. The van der Waals surface area contributed by atoms with E-state index < -0.39 is 74.3 Å². The van der Waals surface area contributed by atoms with E-state index in [1.54, 1.807) is 45.3 Å². The van der Waals surface area contributed by atoms with Gasteiger partial charge in [-0.2, -0.15) is 0 Å². The summed E-state index contributed by atoms with van der Waals surface area (Å²) in [6.07, 6.45) is 10.3. The molecule has 4 amide bonds. The number of carbonyl (C=O) groups is 4. The maximum atomic E-state index is 14.1. The lowest BCUT2D eigenvalue weighted by molar-refractivity contribution is -0.141. The van der Waals surface area contributed by atoms with Gasteiger partial charge in [0.2, 0.25) is 21.8 Å². The van der Waals surface area contributed by atoms with Crippen LogP contribution in [0.2, 0.25) is 0 Å². The first-order valence-electron chi connectivity index (χ1n) is 15.7. The molecule has 3 N–H and O–H groups in total. The van der Waals surface area contributed by atoms with Gasteiger partial charge >= 0.3 is 6.09 Å². The van der Waals surface area contributed by atoms with Crippen LogP contribution in [0.3, 0.4) is 0 Å². The second kappa shape index (κ2) is 13.0. The minimum Gasteiger partial charge on any atom is -0.488 e. The number of fused-ring (bicyclic) bond motifs is 2. The molecular weight excluding hydrogens is 602 g/mol. The third kappa shape index (κ3) is 8.13. The van der Waals surface area contributed by atoms with Gasteiger partial charge in [0.1, 0.15) is 35.1 Å². The van der Waals surface area contributed by atoms with Gasteiger partial charge in [-0.1, -0.05) is 25.0 Å². The zero-order valence-electron chi connectivity index (χ0n) is 26.0. The van der Waals surface area contributed by atoms with Crippen molar-refractivity contribution in [3.05, 3.63) is 36.7 Å². The molecule has 0 spiro atoms. The highest BCUT2D eigenvalue weighted by Crippen LogP contribution is 2.46. The van der Waals surface area contributed by atoms with Crippen LogP contribution in [0, 0.1) is 5.92 Å². The highest BCUT2D eigenvalue weighted by molar-refractivity contribution is 7.91.